The number of fused-ring (bicyclic) bond motifs is 1. The van der Waals surface area contributed by atoms with Gasteiger partial charge in [-0.1, -0.05) is 30.3 Å². The fourth-order valence-corrected chi connectivity index (χ4v) is 3.02. The zero-order chi connectivity index (χ0) is 16.4. The Labute approximate surface area is 142 Å². The first kappa shape index (κ1) is 14.7. The van der Waals surface area contributed by atoms with E-state index in [2.05, 4.69) is 42.7 Å². The molecule has 0 saturated heterocycles. The molecule has 8 heteroatoms. The summed E-state index contributed by atoms with van der Waals surface area (Å²) in [6.07, 6.45) is 5.42. The van der Waals surface area contributed by atoms with E-state index in [4.69, 9.17) is 0 Å². The van der Waals surface area contributed by atoms with Crippen molar-refractivity contribution in [3.05, 3.63) is 54.5 Å². The van der Waals surface area contributed by atoms with Crippen molar-refractivity contribution >= 4 is 34.4 Å². The number of nitrogens with zero attached hydrogens (tertiary/aromatic N) is 5. The van der Waals surface area contributed by atoms with Crippen molar-refractivity contribution in [2.45, 2.75) is 11.6 Å². The largest absolute Gasteiger partial charge is 0.323 e. The molecule has 0 amide bonds. The lowest BCUT2D eigenvalue weighted by Crippen LogP contribution is -2.02. The minimum atomic E-state index is 0.697. The van der Waals surface area contributed by atoms with Crippen molar-refractivity contribution in [1.82, 2.24) is 29.9 Å². The minimum absolute atomic E-state index is 0.697. The second-order valence-corrected chi connectivity index (χ2v) is 5.98. The van der Waals surface area contributed by atoms with Crippen LogP contribution < -0.4 is 5.32 Å². The zero-order valence-corrected chi connectivity index (χ0v) is 13.8. The monoisotopic (exact) mass is 337 g/mol. The summed E-state index contributed by atoms with van der Waals surface area (Å²) in [7, 11) is 0. The summed E-state index contributed by atoms with van der Waals surface area (Å²) in [4.78, 5) is 8.54. The van der Waals surface area contributed by atoms with Crippen LogP contribution in [0.25, 0.3) is 11.0 Å². The SMILES string of the molecule is CSc1n[nH]c2ncnc(Nc3ccn(Cc4ccccc4)n3)c12. The standard InChI is InChI=1S/C16H15N7S/c1-24-16-13-14(17-10-18-15(13)20-21-16)19-12-7-8-23(22-12)9-11-5-3-2-4-6-11/h2-8,10H,9H2,1H3,(H2,17,18,19,20,21,22). The normalized spacial score (nSPS) is 11.0. The number of anilines is 2. The van der Waals surface area contributed by atoms with E-state index in [9.17, 15) is 0 Å². The predicted molar refractivity (Wildman–Crippen MR) is 94.5 cm³/mol. The van der Waals surface area contributed by atoms with Crippen molar-refractivity contribution in [1.29, 1.82) is 0 Å². The van der Waals surface area contributed by atoms with E-state index in [0.29, 0.717) is 11.5 Å². The molecule has 0 bridgehead atoms. The number of aromatic nitrogens is 6. The van der Waals surface area contributed by atoms with Gasteiger partial charge in [0.25, 0.3) is 0 Å². The molecule has 7 nitrogen and oxygen atoms in total. The second kappa shape index (κ2) is 6.32. The van der Waals surface area contributed by atoms with Crippen molar-refractivity contribution < 1.29 is 0 Å². The Morgan fingerprint density at radius 3 is 2.88 bits per heavy atom. The highest BCUT2D eigenvalue weighted by Gasteiger charge is 2.13. The first-order valence-electron chi connectivity index (χ1n) is 7.41. The van der Waals surface area contributed by atoms with Crippen LogP contribution in [0.5, 0.6) is 0 Å². The van der Waals surface area contributed by atoms with Crippen LogP contribution in [0.3, 0.4) is 0 Å². The van der Waals surface area contributed by atoms with Crippen LogP contribution in [0.1, 0.15) is 5.56 Å². The number of rotatable bonds is 5. The Kier molecular flexibility index (Phi) is 3.87. The molecule has 0 aliphatic carbocycles. The Hall–Kier alpha value is -2.87. The van der Waals surface area contributed by atoms with Crippen molar-refractivity contribution in [2.24, 2.45) is 0 Å². The van der Waals surface area contributed by atoms with E-state index in [-0.39, 0.29) is 0 Å². The van der Waals surface area contributed by atoms with Gasteiger partial charge in [-0.05, 0) is 11.8 Å². The summed E-state index contributed by atoms with van der Waals surface area (Å²) in [5.74, 6) is 1.43. The fourth-order valence-electron chi connectivity index (χ4n) is 2.48. The number of hydrogen-bond acceptors (Lipinski definition) is 6. The quantitative estimate of drug-likeness (QED) is 0.545. The number of H-pyrrole nitrogens is 1. The molecule has 0 radical (unpaired) electrons. The second-order valence-electron chi connectivity index (χ2n) is 5.19. The first-order chi connectivity index (χ1) is 11.8. The van der Waals surface area contributed by atoms with Crippen LogP contribution in [-0.2, 0) is 6.54 Å². The van der Waals surface area contributed by atoms with Crippen LogP contribution in [0, 0.1) is 0 Å². The molecule has 0 aliphatic heterocycles. The Morgan fingerprint density at radius 1 is 1.17 bits per heavy atom. The van der Waals surface area contributed by atoms with Crippen LogP contribution in [0.15, 0.2) is 53.9 Å². The fraction of sp³-hybridized carbons (Fsp3) is 0.125. The van der Waals surface area contributed by atoms with Crippen molar-refractivity contribution in [2.75, 3.05) is 11.6 Å². The lowest BCUT2D eigenvalue weighted by atomic mass is 10.2. The summed E-state index contributed by atoms with van der Waals surface area (Å²) in [6.45, 7) is 0.726. The van der Waals surface area contributed by atoms with Crippen LogP contribution >= 0.6 is 11.8 Å². The Morgan fingerprint density at radius 2 is 2.04 bits per heavy atom. The van der Waals surface area contributed by atoms with Gasteiger partial charge in [0.1, 0.15) is 17.2 Å². The smallest absolute Gasteiger partial charge is 0.161 e. The van der Waals surface area contributed by atoms with Crippen molar-refractivity contribution in [3.8, 4) is 0 Å². The molecule has 0 aliphatic rings. The third kappa shape index (κ3) is 2.83. The molecular weight excluding hydrogens is 322 g/mol. The van der Waals surface area contributed by atoms with Gasteiger partial charge >= 0.3 is 0 Å². The highest BCUT2D eigenvalue weighted by atomic mass is 32.2. The topological polar surface area (TPSA) is 84.3 Å². The Balaban J connectivity index is 1.59. The third-order valence-electron chi connectivity index (χ3n) is 3.59. The van der Waals surface area contributed by atoms with E-state index in [1.54, 1.807) is 11.8 Å². The molecule has 0 spiro atoms. The van der Waals surface area contributed by atoms with E-state index in [1.165, 1.54) is 11.9 Å². The number of benzene rings is 1. The van der Waals surface area contributed by atoms with E-state index >= 15 is 0 Å². The summed E-state index contributed by atoms with van der Waals surface area (Å²) in [5, 5.41) is 16.7. The molecule has 2 N–H and O–H groups in total. The molecule has 4 rings (SSSR count). The number of hydrogen-bond donors (Lipinski definition) is 2. The maximum atomic E-state index is 4.56. The average molecular weight is 337 g/mol. The maximum absolute atomic E-state index is 4.56. The summed E-state index contributed by atoms with van der Waals surface area (Å²) in [5.41, 5.74) is 1.91. The van der Waals surface area contributed by atoms with Crippen LogP contribution in [0.4, 0.5) is 11.6 Å². The third-order valence-corrected chi connectivity index (χ3v) is 4.27. The summed E-state index contributed by atoms with van der Waals surface area (Å²) < 4.78 is 1.89. The molecule has 120 valence electrons. The molecule has 1 aromatic carbocycles. The van der Waals surface area contributed by atoms with Crippen molar-refractivity contribution in [3.63, 3.8) is 0 Å². The minimum Gasteiger partial charge on any atom is -0.323 e. The molecule has 3 heterocycles. The lowest BCUT2D eigenvalue weighted by Gasteiger charge is -2.04. The Bertz CT molecular complexity index is 961. The molecule has 0 atom stereocenters. The maximum Gasteiger partial charge on any atom is 0.161 e. The van der Waals surface area contributed by atoms with Gasteiger partial charge in [-0.15, -0.1) is 11.8 Å². The van der Waals surface area contributed by atoms with Gasteiger partial charge in [-0.2, -0.15) is 10.2 Å². The van der Waals surface area contributed by atoms with Gasteiger partial charge in [0, 0.05) is 12.3 Å². The first-order valence-corrected chi connectivity index (χ1v) is 8.63. The predicted octanol–water partition coefficient (Wildman–Crippen LogP) is 3.06. The number of nitrogens with one attached hydrogen (secondary N) is 2. The van der Waals surface area contributed by atoms with E-state index in [1.807, 2.05) is 41.4 Å². The summed E-state index contributed by atoms with van der Waals surface area (Å²) >= 11 is 1.55. The molecule has 24 heavy (non-hydrogen) atoms. The number of aromatic amines is 1. The van der Waals surface area contributed by atoms with Crippen LogP contribution in [-0.4, -0.2) is 36.2 Å². The molecule has 0 unspecified atom stereocenters. The van der Waals surface area contributed by atoms with Gasteiger partial charge in [-0.3, -0.25) is 9.78 Å². The molecule has 4 aromatic rings. The summed E-state index contributed by atoms with van der Waals surface area (Å²) in [6, 6.07) is 12.2. The lowest BCUT2D eigenvalue weighted by molar-refractivity contribution is 0.689. The van der Waals surface area contributed by atoms with Gasteiger partial charge in [0.05, 0.1) is 11.9 Å². The van der Waals surface area contributed by atoms with E-state index in [0.717, 1.165) is 22.8 Å². The van der Waals surface area contributed by atoms with Gasteiger partial charge < -0.3 is 5.32 Å². The molecule has 0 fully saturated rings. The highest BCUT2D eigenvalue weighted by Crippen LogP contribution is 2.28. The van der Waals surface area contributed by atoms with Gasteiger partial charge in [-0.25, -0.2) is 9.97 Å². The number of thioether (sulfide) groups is 1. The molecular formula is C16H15N7S. The molecule has 0 saturated carbocycles. The van der Waals surface area contributed by atoms with Crippen LogP contribution in [0.2, 0.25) is 0 Å². The van der Waals surface area contributed by atoms with E-state index < -0.39 is 0 Å². The van der Waals surface area contributed by atoms with Gasteiger partial charge in [0.2, 0.25) is 0 Å². The average Bonchev–Trinajstić information content (AvgIpc) is 3.23. The zero-order valence-electron chi connectivity index (χ0n) is 13.0. The highest BCUT2D eigenvalue weighted by molar-refractivity contribution is 7.98. The van der Waals surface area contributed by atoms with Gasteiger partial charge in [0.15, 0.2) is 11.5 Å². The molecule has 3 aromatic heterocycles.